The van der Waals surface area contributed by atoms with Crippen molar-refractivity contribution in [3.05, 3.63) is 71.9 Å². The summed E-state index contributed by atoms with van der Waals surface area (Å²) in [5.41, 5.74) is 1.77. The first kappa shape index (κ1) is 19.3. The third-order valence-electron chi connectivity index (χ3n) is 5.12. The SMILES string of the molecule is O=C(CN1CCCC[C@@H]1c1nc(-c2ccc(F)cc2)no1)NCc1ccccc1. The Morgan fingerprint density at radius 1 is 1.14 bits per heavy atom. The maximum Gasteiger partial charge on any atom is 0.244 e. The van der Waals surface area contributed by atoms with E-state index in [9.17, 15) is 9.18 Å². The van der Waals surface area contributed by atoms with Crippen molar-refractivity contribution in [2.24, 2.45) is 0 Å². The van der Waals surface area contributed by atoms with Gasteiger partial charge < -0.3 is 9.84 Å². The molecule has 0 radical (unpaired) electrons. The van der Waals surface area contributed by atoms with Crippen LogP contribution < -0.4 is 5.32 Å². The number of benzene rings is 2. The largest absolute Gasteiger partial charge is 0.351 e. The average Bonchev–Trinajstić information content (AvgIpc) is 3.24. The van der Waals surface area contributed by atoms with Gasteiger partial charge in [-0.3, -0.25) is 9.69 Å². The first-order valence-electron chi connectivity index (χ1n) is 9.83. The first-order chi connectivity index (χ1) is 14.2. The van der Waals surface area contributed by atoms with Crippen LogP contribution in [-0.2, 0) is 11.3 Å². The molecule has 1 aliphatic heterocycles. The monoisotopic (exact) mass is 394 g/mol. The molecule has 1 saturated heterocycles. The van der Waals surface area contributed by atoms with Crippen LogP contribution in [0.1, 0.15) is 36.8 Å². The van der Waals surface area contributed by atoms with Crippen LogP contribution >= 0.6 is 0 Å². The molecule has 7 heteroatoms. The van der Waals surface area contributed by atoms with Gasteiger partial charge in [0.2, 0.25) is 17.6 Å². The van der Waals surface area contributed by atoms with Crippen LogP contribution in [-0.4, -0.2) is 34.0 Å². The van der Waals surface area contributed by atoms with Gasteiger partial charge in [-0.05, 0) is 49.2 Å². The normalized spacial score (nSPS) is 17.2. The predicted octanol–water partition coefficient (Wildman–Crippen LogP) is 3.72. The highest BCUT2D eigenvalue weighted by Crippen LogP contribution is 2.30. The molecular formula is C22H23FN4O2. The van der Waals surface area contributed by atoms with Gasteiger partial charge in [0, 0.05) is 12.1 Å². The molecule has 3 aromatic rings. The number of aromatic nitrogens is 2. The van der Waals surface area contributed by atoms with Gasteiger partial charge in [0.1, 0.15) is 5.82 Å². The second kappa shape index (κ2) is 8.96. The maximum absolute atomic E-state index is 13.1. The van der Waals surface area contributed by atoms with Crippen LogP contribution in [0, 0.1) is 5.82 Å². The number of carbonyl (C=O) groups excluding carboxylic acids is 1. The number of nitrogens with zero attached hydrogens (tertiary/aromatic N) is 3. The van der Waals surface area contributed by atoms with Gasteiger partial charge >= 0.3 is 0 Å². The second-order valence-electron chi connectivity index (χ2n) is 7.21. The maximum atomic E-state index is 13.1. The number of piperidine rings is 1. The van der Waals surface area contributed by atoms with Gasteiger partial charge in [-0.15, -0.1) is 0 Å². The molecule has 0 saturated carbocycles. The summed E-state index contributed by atoms with van der Waals surface area (Å²) in [7, 11) is 0. The molecule has 2 heterocycles. The number of hydrogen-bond donors (Lipinski definition) is 1. The number of likely N-dealkylation sites (tertiary alicyclic amines) is 1. The predicted molar refractivity (Wildman–Crippen MR) is 106 cm³/mol. The summed E-state index contributed by atoms with van der Waals surface area (Å²) in [5, 5.41) is 7.02. The zero-order valence-electron chi connectivity index (χ0n) is 16.1. The fraction of sp³-hybridized carbons (Fsp3) is 0.318. The fourth-order valence-electron chi connectivity index (χ4n) is 3.58. The molecule has 1 fully saturated rings. The van der Waals surface area contributed by atoms with E-state index < -0.39 is 0 Å². The number of nitrogens with one attached hydrogen (secondary N) is 1. The standard InChI is InChI=1S/C22H23FN4O2/c23-18-11-9-17(10-12-18)21-25-22(29-26-21)19-8-4-5-13-27(19)15-20(28)24-14-16-6-2-1-3-7-16/h1-3,6-7,9-12,19H,4-5,8,13-15H2,(H,24,28)/t19-/m1/s1. The lowest BCUT2D eigenvalue weighted by atomic mass is 10.0. The van der Waals surface area contributed by atoms with Crippen molar-refractivity contribution in [3.63, 3.8) is 0 Å². The minimum Gasteiger partial charge on any atom is -0.351 e. The summed E-state index contributed by atoms with van der Waals surface area (Å²) in [5.74, 6) is 0.593. The van der Waals surface area contributed by atoms with Crippen LogP contribution in [0.4, 0.5) is 4.39 Å². The van der Waals surface area contributed by atoms with E-state index in [2.05, 4.69) is 20.4 Å². The molecule has 1 amide bonds. The molecule has 6 nitrogen and oxygen atoms in total. The topological polar surface area (TPSA) is 71.3 Å². The average molecular weight is 394 g/mol. The molecule has 1 N–H and O–H groups in total. The van der Waals surface area contributed by atoms with Crippen molar-refractivity contribution in [1.82, 2.24) is 20.4 Å². The third-order valence-corrected chi connectivity index (χ3v) is 5.12. The Morgan fingerprint density at radius 2 is 1.93 bits per heavy atom. The van der Waals surface area contributed by atoms with Gasteiger partial charge in [-0.1, -0.05) is 41.9 Å². The Bertz CT molecular complexity index is 943. The van der Waals surface area contributed by atoms with E-state index in [1.165, 1.54) is 12.1 Å². The molecule has 0 unspecified atom stereocenters. The Balaban J connectivity index is 1.41. The lowest BCUT2D eigenvalue weighted by Crippen LogP contribution is -2.41. The molecule has 0 aliphatic carbocycles. The number of carbonyl (C=O) groups is 1. The van der Waals surface area contributed by atoms with E-state index in [0.29, 0.717) is 23.8 Å². The summed E-state index contributed by atoms with van der Waals surface area (Å²) in [6, 6.07) is 15.7. The smallest absolute Gasteiger partial charge is 0.244 e. The minimum atomic E-state index is -0.308. The highest BCUT2D eigenvalue weighted by atomic mass is 19.1. The van der Waals surface area contributed by atoms with Gasteiger partial charge in [-0.2, -0.15) is 4.98 Å². The first-order valence-corrected chi connectivity index (χ1v) is 9.83. The van der Waals surface area contributed by atoms with Crippen molar-refractivity contribution in [2.75, 3.05) is 13.1 Å². The van der Waals surface area contributed by atoms with E-state index in [0.717, 1.165) is 31.4 Å². The second-order valence-corrected chi connectivity index (χ2v) is 7.21. The summed E-state index contributed by atoms with van der Waals surface area (Å²) < 4.78 is 18.6. The Kier molecular flexibility index (Phi) is 5.95. The number of halogens is 1. The molecule has 150 valence electrons. The van der Waals surface area contributed by atoms with Gasteiger partial charge in [0.15, 0.2) is 0 Å². The summed E-state index contributed by atoms with van der Waals surface area (Å²) >= 11 is 0. The van der Waals surface area contributed by atoms with E-state index >= 15 is 0 Å². The summed E-state index contributed by atoms with van der Waals surface area (Å²) in [4.78, 5) is 19.1. The molecule has 4 rings (SSSR count). The lowest BCUT2D eigenvalue weighted by molar-refractivity contribution is -0.123. The Hall–Kier alpha value is -3.06. The van der Waals surface area contributed by atoms with E-state index in [4.69, 9.17) is 4.52 Å². The van der Waals surface area contributed by atoms with E-state index in [1.807, 2.05) is 30.3 Å². The minimum absolute atomic E-state index is 0.0287. The zero-order valence-corrected chi connectivity index (χ0v) is 16.1. The molecule has 0 bridgehead atoms. The van der Waals surface area contributed by atoms with Crippen LogP contribution in [0.2, 0.25) is 0 Å². The van der Waals surface area contributed by atoms with Crippen molar-refractivity contribution < 1.29 is 13.7 Å². The molecule has 1 aliphatic rings. The quantitative estimate of drug-likeness (QED) is 0.690. The van der Waals surface area contributed by atoms with Crippen LogP contribution in [0.5, 0.6) is 0 Å². The molecule has 0 spiro atoms. The van der Waals surface area contributed by atoms with Crippen LogP contribution in [0.15, 0.2) is 59.1 Å². The molecule has 29 heavy (non-hydrogen) atoms. The molecule has 1 aromatic heterocycles. The number of amides is 1. The van der Waals surface area contributed by atoms with Gasteiger partial charge in [-0.25, -0.2) is 4.39 Å². The Labute approximate surface area is 168 Å². The molecule has 1 atom stereocenters. The zero-order chi connectivity index (χ0) is 20.1. The van der Waals surface area contributed by atoms with Crippen molar-refractivity contribution in [3.8, 4) is 11.4 Å². The van der Waals surface area contributed by atoms with E-state index in [1.54, 1.807) is 12.1 Å². The number of hydrogen-bond acceptors (Lipinski definition) is 5. The highest BCUT2D eigenvalue weighted by molar-refractivity contribution is 5.78. The Morgan fingerprint density at radius 3 is 2.72 bits per heavy atom. The summed E-state index contributed by atoms with van der Waals surface area (Å²) in [6.07, 6.45) is 2.93. The molecule has 2 aromatic carbocycles. The van der Waals surface area contributed by atoms with Gasteiger partial charge in [0.05, 0.1) is 12.6 Å². The van der Waals surface area contributed by atoms with Crippen molar-refractivity contribution >= 4 is 5.91 Å². The van der Waals surface area contributed by atoms with E-state index in [-0.39, 0.29) is 24.3 Å². The highest BCUT2D eigenvalue weighted by Gasteiger charge is 2.30. The third kappa shape index (κ3) is 4.86. The fourth-order valence-corrected chi connectivity index (χ4v) is 3.58. The van der Waals surface area contributed by atoms with Crippen molar-refractivity contribution in [1.29, 1.82) is 0 Å². The lowest BCUT2D eigenvalue weighted by Gasteiger charge is -2.32. The van der Waals surface area contributed by atoms with Crippen molar-refractivity contribution in [2.45, 2.75) is 31.8 Å². The molecular weight excluding hydrogens is 371 g/mol. The van der Waals surface area contributed by atoms with Crippen LogP contribution in [0.25, 0.3) is 11.4 Å². The summed E-state index contributed by atoms with van der Waals surface area (Å²) in [6.45, 7) is 1.59. The van der Waals surface area contributed by atoms with Gasteiger partial charge in [0.25, 0.3) is 0 Å². The number of rotatable bonds is 6. The van der Waals surface area contributed by atoms with Crippen LogP contribution in [0.3, 0.4) is 0 Å².